The van der Waals surface area contributed by atoms with Crippen LogP contribution < -0.4 is 4.90 Å². The molecule has 0 aliphatic carbocycles. The van der Waals surface area contributed by atoms with Gasteiger partial charge in [0, 0.05) is 31.8 Å². The minimum absolute atomic E-state index is 0.0383. The molecule has 30 heavy (non-hydrogen) atoms. The molecule has 0 saturated carbocycles. The van der Waals surface area contributed by atoms with Crippen LogP contribution in [0.2, 0.25) is 4.34 Å². The lowest BCUT2D eigenvalue weighted by Crippen LogP contribution is -2.58. The number of rotatable bonds is 4. The topological polar surface area (TPSA) is 70.1 Å². The molecule has 2 aliphatic heterocycles. The average Bonchev–Trinajstić information content (AvgIpc) is 3.33. The van der Waals surface area contributed by atoms with Crippen molar-refractivity contribution in [3.63, 3.8) is 0 Å². The van der Waals surface area contributed by atoms with Gasteiger partial charge in [-0.2, -0.15) is 0 Å². The molecule has 1 saturated heterocycles. The van der Waals surface area contributed by atoms with E-state index in [1.807, 2.05) is 18.2 Å². The van der Waals surface area contributed by atoms with E-state index in [1.54, 1.807) is 12.1 Å². The second kappa shape index (κ2) is 8.30. The van der Waals surface area contributed by atoms with Crippen molar-refractivity contribution in [2.45, 2.75) is 31.2 Å². The van der Waals surface area contributed by atoms with Gasteiger partial charge in [0.2, 0.25) is 0 Å². The van der Waals surface area contributed by atoms with Crippen LogP contribution in [0.1, 0.15) is 40.1 Å². The van der Waals surface area contributed by atoms with Crippen molar-refractivity contribution in [3.8, 4) is 0 Å². The number of benzene rings is 1. The maximum absolute atomic E-state index is 13.6. The van der Waals surface area contributed by atoms with Crippen LogP contribution >= 0.6 is 22.9 Å². The van der Waals surface area contributed by atoms with Gasteiger partial charge in [-0.05, 0) is 54.8 Å². The Balaban J connectivity index is 1.82. The Kier molecular flexibility index (Phi) is 5.90. The number of hydrogen-bond donors (Lipinski definition) is 1. The highest BCUT2D eigenvalue weighted by molar-refractivity contribution is 7.18. The third-order valence-electron chi connectivity index (χ3n) is 6.08. The standard InChI is InChI=1S/C22H25ClN2O4S/c1-14-12-24(2)9-7-15-11-16(3-4-17(14)15)25(20(26)18-5-6-19(23)30-18)22(21(27)28)8-10-29-13-22/h3-6,11,14H,7-10,12-13H2,1-2H3,(H,27,28)/t14-,22-/m0/s1. The Morgan fingerprint density at radius 3 is 2.77 bits per heavy atom. The summed E-state index contributed by atoms with van der Waals surface area (Å²) < 4.78 is 5.97. The lowest BCUT2D eigenvalue weighted by atomic mass is 9.91. The van der Waals surface area contributed by atoms with Crippen LogP contribution in [0.4, 0.5) is 5.69 Å². The molecule has 8 heteroatoms. The van der Waals surface area contributed by atoms with Gasteiger partial charge in [0.25, 0.3) is 5.91 Å². The number of hydrogen-bond acceptors (Lipinski definition) is 5. The Bertz CT molecular complexity index is 970. The van der Waals surface area contributed by atoms with E-state index in [4.69, 9.17) is 16.3 Å². The maximum atomic E-state index is 13.6. The van der Waals surface area contributed by atoms with Crippen LogP contribution in [-0.4, -0.2) is 60.8 Å². The van der Waals surface area contributed by atoms with E-state index < -0.39 is 11.5 Å². The molecule has 2 aromatic rings. The Labute approximate surface area is 185 Å². The molecule has 1 aromatic heterocycles. The zero-order valence-electron chi connectivity index (χ0n) is 17.1. The molecule has 3 heterocycles. The first-order chi connectivity index (χ1) is 14.3. The monoisotopic (exact) mass is 448 g/mol. The number of carbonyl (C=O) groups excluding carboxylic acids is 1. The van der Waals surface area contributed by atoms with Gasteiger partial charge in [-0.25, -0.2) is 4.79 Å². The largest absolute Gasteiger partial charge is 0.479 e. The molecule has 0 spiro atoms. The summed E-state index contributed by atoms with van der Waals surface area (Å²) in [6.45, 7) is 4.34. The molecular weight excluding hydrogens is 424 g/mol. The van der Waals surface area contributed by atoms with Crippen molar-refractivity contribution in [1.29, 1.82) is 0 Å². The van der Waals surface area contributed by atoms with E-state index in [0.717, 1.165) is 36.4 Å². The van der Waals surface area contributed by atoms with Gasteiger partial charge in [-0.15, -0.1) is 11.3 Å². The number of amides is 1. The number of ether oxygens (including phenoxy) is 1. The smallest absolute Gasteiger partial charge is 0.332 e. The first kappa shape index (κ1) is 21.3. The Hall–Kier alpha value is -1.93. The van der Waals surface area contributed by atoms with Gasteiger partial charge in [0.1, 0.15) is 0 Å². The van der Waals surface area contributed by atoms with Crippen LogP contribution in [0, 0.1) is 0 Å². The van der Waals surface area contributed by atoms with E-state index in [0.29, 0.717) is 27.4 Å². The van der Waals surface area contributed by atoms with Gasteiger partial charge >= 0.3 is 5.97 Å². The lowest BCUT2D eigenvalue weighted by Gasteiger charge is -2.37. The zero-order valence-corrected chi connectivity index (χ0v) is 18.6. The molecule has 2 atom stereocenters. The van der Waals surface area contributed by atoms with Gasteiger partial charge in [-0.3, -0.25) is 9.69 Å². The van der Waals surface area contributed by atoms with Gasteiger partial charge < -0.3 is 14.7 Å². The molecule has 160 valence electrons. The molecule has 6 nitrogen and oxygen atoms in total. The SMILES string of the molecule is C[C@H]1CN(C)CCc2cc(N(C(=O)c3ccc(Cl)s3)[C@@]3(C(=O)O)CCOC3)ccc21. The molecule has 1 N–H and O–H groups in total. The number of aliphatic carboxylic acids is 1. The third-order valence-corrected chi connectivity index (χ3v) is 7.30. The Morgan fingerprint density at radius 2 is 2.13 bits per heavy atom. The Morgan fingerprint density at radius 1 is 1.33 bits per heavy atom. The summed E-state index contributed by atoms with van der Waals surface area (Å²) in [5, 5.41) is 10.2. The molecule has 1 aromatic carbocycles. The summed E-state index contributed by atoms with van der Waals surface area (Å²) in [7, 11) is 2.11. The first-order valence-electron chi connectivity index (χ1n) is 10.0. The molecule has 1 amide bonds. The number of carboxylic acids is 1. The van der Waals surface area contributed by atoms with E-state index in [2.05, 4.69) is 18.9 Å². The zero-order chi connectivity index (χ0) is 21.5. The summed E-state index contributed by atoms with van der Waals surface area (Å²) in [5.41, 5.74) is 1.56. The van der Waals surface area contributed by atoms with Crippen LogP contribution in [0.5, 0.6) is 0 Å². The summed E-state index contributed by atoms with van der Waals surface area (Å²) in [6, 6.07) is 9.21. The molecule has 0 unspecified atom stereocenters. The predicted molar refractivity (Wildman–Crippen MR) is 118 cm³/mol. The fourth-order valence-corrected chi connectivity index (χ4v) is 5.46. The third kappa shape index (κ3) is 3.75. The predicted octanol–water partition coefficient (Wildman–Crippen LogP) is 3.88. The van der Waals surface area contributed by atoms with Crippen molar-refractivity contribution < 1.29 is 19.4 Å². The number of halogens is 1. The number of fused-ring (bicyclic) bond motifs is 1. The molecular formula is C22H25ClN2O4S. The van der Waals surface area contributed by atoms with Crippen molar-refractivity contribution >= 4 is 40.5 Å². The van der Waals surface area contributed by atoms with Crippen molar-refractivity contribution in [3.05, 3.63) is 50.7 Å². The van der Waals surface area contributed by atoms with E-state index in [9.17, 15) is 14.7 Å². The lowest BCUT2D eigenvalue weighted by molar-refractivity contribution is -0.143. The quantitative estimate of drug-likeness (QED) is 0.768. The summed E-state index contributed by atoms with van der Waals surface area (Å²) in [4.78, 5) is 30.1. The number of anilines is 1. The van der Waals surface area contributed by atoms with Crippen LogP contribution in [0.25, 0.3) is 0 Å². The number of thiophene rings is 1. The van der Waals surface area contributed by atoms with E-state index in [-0.39, 0.29) is 18.9 Å². The average molecular weight is 449 g/mol. The summed E-state index contributed by atoms with van der Waals surface area (Å²) in [5.74, 6) is -1.05. The highest BCUT2D eigenvalue weighted by atomic mass is 35.5. The highest BCUT2D eigenvalue weighted by Crippen LogP contribution is 2.37. The van der Waals surface area contributed by atoms with Crippen LogP contribution in [0.15, 0.2) is 30.3 Å². The van der Waals surface area contributed by atoms with Gasteiger partial charge in [-0.1, -0.05) is 24.6 Å². The van der Waals surface area contributed by atoms with E-state index >= 15 is 0 Å². The minimum atomic E-state index is -1.44. The van der Waals surface area contributed by atoms with Crippen molar-refractivity contribution in [2.24, 2.45) is 0 Å². The second-order valence-corrected chi connectivity index (χ2v) is 9.90. The van der Waals surface area contributed by atoms with Gasteiger partial charge in [0.05, 0.1) is 15.8 Å². The highest BCUT2D eigenvalue weighted by Gasteiger charge is 2.51. The van der Waals surface area contributed by atoms with Crippen molar-refractivity contribution in [2.75, 3.05) is 38.3 Å². The molecule has 4 rings (SSSR count). The maximum Gasteiger partial charge on any atom is 0.332 e. The van der Waals surface area contributed by atoms with Crippen LogP contribution in [-0.2, 0) is 16.0 Å². The summed E-state index contributed by atoms with van der Waals surface area (Å²) >= 11 is 7.21. The normalized spacial score (nSPS) is 24.3. The first-order valence-corrected chi connectivity index (χ1v) is 11.2. The fraction of sp³-hybridized carbons (Fsp3) is 0.455. The number of carbonyl (C=O) groups is 2. The molecule has 0 radical (unpaired) electrons. The second-order valence-electron chi connectivity index (χ2n) is 8.18. The van der Waals surface area contributed by atoms with Crippen molar-refractivity contribution in [1.82, 2.24) is 4.90 Å². The number of nitrogens with zero attached hydrogens (tertiary/aromatic N) is 2. The summed E-state index contributed by atoms with van der Waals surface area (Å²) in [6.07, 6.45) is 1.09. The molecule has 2 aliphatic rings. The number of carboxylic acid groups (broad SMARTS) is 1. The fourth-order valence-electron chi connectivity index (χ4n) is 4.49. The van der Waals surface area contributed by atoms with E-state index in [1.165, 1.54) is 10.5 Å². The van der Waals surface area contributed by atoms with Gasteiger partial charge in [0.15, 0.2) is 5.54 Å². The van der Waals surface area contributed by atoms with Crippen LogP contribution in [0.3, 0.4) is 0 Å². The molecule has 0 bridgehead atoms. The molecule has 1 fully saturated rings. The minimum Gasteiger partial charge on any atom is -0.479 e. The number of likely N-dealkylation sites (N-methyl/N-ethyl adjacent to an activating group) is 1.